The molecule has 1 unspecified atom stereocenters. The number of amides is 1. The van der Waals surface area contributed by atoms with Crippen LogP contribution < -0.4 is 4.90 Å². The normalized spacial score (nSPS) is 16.9. The van der Waals surface area contributed by atoms with Crippen molar-refractivity contribution in [3.05, 3.63) is 99.3 Å². The van der Waals surface area contributed by atoms with Crippen LogP contribution in [-0.2, 0) is 15.3 Å². The Morgan fingerprint density at radius 2 is 1.76 bits per heavy atom. The van der Waals surface area contributed by atoms with Crippen LogP contribution in [0.3, 0.4) is 0 Å². The van der Waals surface area contributed by atoms with Crippen LogP contribution in [0.2, 0.25) is 10.0 Å². The van der Waals surface area contributed by atoms with Gasteiger partial charge in [0.05, 0.1) is 11.6 Å². The molecule has 37 heavy (non-hydrogen) atoms. The lowest BCUT2D eigenvalue weighted by molar-refractivity contribution is -0.132. The Kier molecular flexibility index (Phi) is 7.16. The van der Waals surface area contributed by atoms with Crippen molar-refractivity contribution in [2.45, 2.75) is 16.1 Å². The molecule has 4 aromatic rings. The van der Waals surface area contributed by atoms with Crippen molar-refractivity contribution in [3.63, 3.8) is 0 Å². The lowest BCUT2D eigenvalue weighted by atomic mass is 9.95. The number of ketones is 1. The van der Waals surface area contributed by atoms with Crippen LogP contribution in [0.5, 0.6) is 5.75 Å². The monoisotopic (exact) mass is 570 g/mol. The van der Waals surface area contributed by atoms with Crippen molar-refractivity contribution >= 4 is 68.9 Å². The topological polar surface area (TPSA) is 117 Å². The molecule has 0 saturated carbocycles. The van der Waals surface area contributed by atoms with Gasteiger partial charge in [-0.25, -0.2) is 0 Å². The molecule has 186 valence electrons. The van der Waals surface area contributed by atoms with Gasteiger partial charge in [-0.05, 0) is 47.5 Å². The minimum absolute atomic E-state index is 0.0188. The van der Waals surface area contributed by atoms with Crippen LogP contribution in [0.25, 0.3) is 5.76 Å². The van der Waals surface area contributed by atoms with E-state index in [9.17, 15) is 19.8 Å². The molecule has 0 radical (unpaired) electrons. The van der Waals surface area contributed by atoms with E-state index < -0.39 is 17.7 Å². The van der Waals surface area contributed by atoms with Gasteiger partial charge in [-0.2, -0.15) is 0 Å². The number of halogens is 2. The first-order valence-corrected chi connectivity index (χ1v) is 13.3. The predicted octanol–water partition coefficient (Wildman–Crippen LogP) is 5.86. The maximum Gasteiger partial charge on any atom is 0.301 e. The fourth-order valence-electron chi connectivity index (χ4n) is 3.80. The van der Waals surface area contributed by atoms with E-state index in [4.69, 9.17) is 23.2 Å². The zero-order chi connectivity index (χ0) is 26.1. The van der Waals surface area contributed by atoms with Crippen molar-refractivity contribution in [2.75, 3.05) is 4.90 Å². The Hall–Kier alpha value is -3.44. The van der Waals surface area contributed by atoms with Gasteiger partial charge in [0.15, 0.2) is 4.34 Å². The molecule has 8 nitrogen and oxygen atoms in total. The largest absolute Gasteiger partial charge is 0.508 e. The summed E-state index contributed by atoms with van der Waals surface area (Å²) < 4.78 is 0.557. The molecule has 1 saturated heterocycles. The second-order valence-electron chi connectivity index (χ2n) is 7.87. The summed E-state index contributed by atoms with van der Waals surface area (Å²) in [6.07, 6.45) is 2.95. The third-order valence-corrected chi connectivity index (χ3v) is 8.27. The number of benzene rings is 2. The fourth-order valence-corrected chi connectivity index (χ4v) is 6.23. The van der Waals surface area contributed by atoms with E-state index in [0.29, 0.717) is 31.3 Å². The van der Waals surface area contributed by atoms with E-state index in [1.165, 1.54) is 53.3 Å². The number of Topliss-reactive ketones (excluding diaryl/α,β-unsaturated/α-hetero) is 1. The number of phenols is 1. The number of rotatable bonds is 6. The van der Waals surface area contributed by atoms with E-state index in [0.717, 1.165) is 16.9 Å². The van der Waals surface area contributed by atoms with Crippen LogP contribution in [0.1, 0.15) is 22.7 Å². The quantitative estimate of drug-likeness (QED) is 0.0972. The molecule has 3 heterocycles. The SMILES string of the molecule is O=C1C(=O)N(c2nnc(SCc3ccc(Cl)cc3Cl)s2)C(c2ccc(O)cc2)/C1=C(\O)c1ccncc1. The third-order valence-electron chi connectivity index (χ3n) is 5.58. The predicted molar refractivity (Wildman–Crippen MR) is 143 cm³/mol. The number of hydrogen-bond donors (Lipinski definition) is 2. The molecule has 2 N–H and O–H groups in total. The number of aliphatic hydroxyl groups is 1. The molecule has 0 aliphatic carbocycles. The molecule has 1 amide bonds. The van der Waals surface area contributed by atoms with E-state index in [-0.39, 0.29) is 22.2 Å². The molecule has 1 aliphatic heterocycles. The zero-order valence-electron chi connectivity index (χ0n) is 18.7. The summed E-state index contributed by atoms with van der Waals surface area (Å²) >= 11 is 14.7. The Morgan fingerprint density at radius 3 is 2.46 bits per heavy atom. The summed E-state index contributed by atoms with van der Waals surface area (Å²) in [5.41, 5.74) is 1.60. The van der Waals surface area contributed by atoms with E-state index >= 15 is 0 Å². The molecular formula is C25H16Cl2N4O4S2. The van der Waals surface area contributed by atoms with Gasteiger partial charge in [-0.15, -0.1) is 10.2 Å². The molecule has 1 aliphatic rings. The van der Waals surface area contributed by atoms with Crippen molar-refractivity contribution in [1.82, 2.24) is 15.2 Å². The number of anilines is 1. The number of carbonyl (C=O) groups is 2. The molecule has 0 bridgehead atoms. The number of aromatic hydroxyl groups is 1. The van der Waals surface area contributed by atoms with Gasteiger partial charge in [-0.1, -0.05) is 64.5 Å². The molecular weight excluding hydrogens is 555 g/mol. The van der Waals surface area contributed by atoms with Gasteiger partial charge in [0, 0.05) is 33.8 Å². The van der Waals surface area contributed by atoms with Crippen LogP contribution in [-0.4, -0.2) is 37.1 Å². The zero-order valence-corrected chi connectivity index (χ0v) is 21.9. The summed E-state index contributed by atoms with van der Waals surface area (Å²) in [4.78, 5) is 31.6. The van der Waals surface area contributed by atoms with Crippen LogP contribution in [0.15, 0.2) is 76.9 Å². The fraction of sp³-hybridized carbons (Fsp3) is 0.0800. The summed E-state index contributed by atoms with van der Waals surface area (Å²) in [5.74, 6) is -1.53. The van der Waals surface area contributed by atoms with Crippen LogP contribution in [0, 0.1) is 0 Å². The summed E-state index contributed by atoms with van der Waals surface area (Å²) in [6.45, 7) is 0. The van der Waals surface area contributed by atoms with Crippen molar-refractivity contribution in [2.24, 2.45) is 0 Å². The number of hydrogen-bond acceptors (Lipinski definition) is 9. The number of carbonyl (C=O) groups excluding carboxylic acids is 2. The minimum atomic E-state index is -0.981. The third kappa shape index (κ3) is 5.05. The van der Waals surface area contributed by atoms with Crippen molar-refractivity contribution in [1.29, 1.82) is 0 Å². The van der Waals surface area contributed by atoms with Gasteiger partial charge in [0.25, 0.3) is 5.78 Å². The maximum atomic E-state index is 13.2. The highest BCUT2D eigenvalue weighted by Gasteiger charge is 2.48. The van der Waals surface area contributed by atoms with Crippen molar-refractivity contribution in [3.8, 4) is 5.75 Å². The minimum Gasteiger partial charge on any atom is -0.508 e. The molecule has 1 fully saturated rings. The lowest BCUT2D eigenvalue weighted by Gasteiger charge is -2.22. The average molecular weight is 571 g/mol. The smallest absolute Gasteiger partial charge is 0.301 e. The first-order valence-electron chi connectivity index (χ1n) is 10.7. The molecule has 1 atom stereocenters. The highest BCUT2D eigenvalue weighted by Crippen LogP contribution is 2.44. The molecule has 5 rings (SSSR count). The number of pyridine rings is 1. The number of aliphatic hydroxyl groups excluding tert-OH is 1. The van der Waals surface area contributed by atoms with Gasteiger partial charge in [0.1, 0.15) is 11.5 Å². The maximum absolute atomic E-state index is 13.2. The highest BCUT2D eigenvalue weighted by molar-refractivity contribution is 8.00. The Labute approximate surface area is 229 Å². The van der Waals surface area contributed by atoms with Crippen molar-refractivity contribution < 1.29 is 19.8 Å². The number of thioether (sulfide) groups is 1. The van der Waals surface area contributed by atoms with Gasteiger partial charge >= 0.3 is 5.91 Å². The van der Waals surface area contributed by atoms with Gasteiger partial charge in [-0.3, -0.25) is 19.5 Å². The summed E-state index contributed by atoms with van der Waals surface area (Å²) in [5, 5.41) is 30.5. The Morgan fingerprint density at radius 1 is 1.03 bits per heavy atom. The molecule has 12 heteroatoms. The first-order chi connectivity index (χ1) is 17.8. The highest BCUT2D eigenvalue weighted by atomic mass is 35.5. The average Bonchev–Trinajstić information content (AvgIpc) is 3.46. The molecule has 0 spiro atoms. The second kappa shape index (κ2) is 10.5. The lowest BCUT2D eigenvalue weighted by Crippen LogP contribution is -2.29. The number of nitrogens with zero attached hydrogens (tertiary/aromatic N) is 4. The second-order valence-corrected chi connectivity index (χ2v) is 10.9. The number of phenolic OH excluding ortho intramolecular Hbond substituents is 1. The van der Waals surface area contributed by atoms with E-state index in [2.05, 4.69) is 15.2 Å². The van der Waals surface area contributed by atoms with Gasteiger partial charge in [0.2, 0.25) is 5.13 Å². The van der Waals surface area contributed by atoms with E-state index in [1.54, 1.807) is 24.3 Å². The molecule has 2 aromatic carbocycles. The van der Waals surface area contributed by atoms with Crippen LogP contribution >= 0.6 is 46.3 Å². The Bertz CT molecular complexity index is 1530. The first kappa shape index (κ1) is 25.2. The van der Waals surface area contributed by atoms with Crippen LogP contribution in [0.4, 0.5) is 5.13 Å². The molecule has 2 aromatic heterocycles. The standard InChI is InChI=1S/C25H16Cl2N4O4S2/c26-16-4-1-15(18(27)11-16)12-36-25-30-29-24(37-25)31-20(13-2-5-17(32)6-3-13)19(22(34)23(31)35)21(33)14-7-9-28-10-8-14/h1-11,20,32-33H,12H2/b21-19+. The summed E-state index contributed by atoms with van der Waals surface area (Å²) in [6, 6.07) is 13.4. The summed E-state index contributed by atoms with van der Waals surface area (Å²) in [7, 11) is 0. The van der Waals surface area contributed by atoms with E-state index in [1.807, 2.05) is 6.07 Å². The van der Waals surface area contributed by atoms with Gasteiger partial charge < -0.3 is 10.2 Å². The Balaban J connectivity index is 1.52. The number of aromatic nitrogens is 3.